The average Bonchev–Trinajstić information content (AvgIpc) is 2.47. The normalized spacial score (nSPS) is 16.8. The van der Waals surface area contributed by atoms with Gasteiger partial charge in [-0.05, 0) is 19.4 Å². The van der Waals surface area contributed by atoms with Gasteiger partial charge in [-0.25, -0.2) is 13.2 Å². The summed E-state index contributed by atoms with van der Waals surface area (Å²) in [4.78, 5) is 13.6. The molecule has 2 amide bonds. The number of amides is 2. The van der Waals surface area contributed by atoms with Crippen molar-refractivity contribution in [2.75, 3.05) is 26.2 Å². The van der Waals surface area contributed by atoms with Gasteiger partial charge in [0.15, 0.2) is 0 Å². The smallest absolute Gasteiger partial charge is 0.317 e. The Morgan fingerprint density at radius 1 is 1.14 bits per heavy atom. The molecule has 1 fully saturated rings. The van der Waals surface area contributed by atoms with Crippen molar-refractivity contribution in [1.82, 2.24) is 14.5 Å². The van der Waals surface area contributed by atoms with Crippen LogP contribution in [0, 0.1) is 0 Å². The number of hydrogen-bond donors (Lipinski definition) is 1. The SMILES string of the molecule is CC(C)NC(=O)N1CCN(S(=O)(=O)Cc2ccccc2)CC1. The fourth-order valence-corrected chi connectivity index (χ4v) is 3.90. The van der Waals surface area contributed by atoms with Crippen LogP contribution in [0.3, 0.4) is 0 Å². The number of hydrogen-bond acceptors (Lipinski definition) is 3. The lowest BCUT2D eigenvalue weighted by Gasteiger charge is -2.34. The standard InChI is InChI=1S/C15H23N3O3S/c1-13(2)16-15(19)17-8-10-18(11-9-17)22(20,21)12-14-6-4-3-5-7-14/h3-7,13H,8-12H2,1-2H3,(H,16,19). The van der Waals surface area contributed by atoms with Crippen LogP contribution in [0.25, 0.3) is 0 Å². The van der Waals surface area contributed by atoms with E-state index >= 15 is 0 Å². The van der Waals surface area contributed by atoms with Crippen LogP contribution in [-0.4, -0.2) is 55.9 Å². The summed E-state index contributed by atoms with van der Waals surface area (Å²) in [5.41, 5.74) is 0.780. The van der Waals surface area contributed by atoms with Crippen molar-refractivity contribution >= 4 is 16.1 Å². The number of piperazine rings is 1. The summed E-state index contributed by atoms with van der Waals surface area (Å²) in [6.45, 7) is 5.34. The first-order valence-corrected chi connectivity index (χ1v) is 9.06. The topological polar surface area (TPSA) is 69.7 Å². The van der Waals surface area contributed by atoms with E-state index in [0.717, 1.165) is 5.56 Å². The lowest BCUT2D eigenvalue weighted by Crippen LogP contribution is -2.54. The van der Waals surface area contributed by atoms with Crippen LogP contribution in [0.1, 0.15) is 19.4 Å². The van der Waals surface area contributed by atoms with Gasteiger partial charge in [-0.2, -0.15) is 4.31 Å². The van der Waals surface area contributed by atoms with E-state index in [2.05, 4.69) is 5.32 Å². The highest BCUT2D eigenvalue weighted by molar-refractivity contribution is 7.88. The molecule has 6 nitrogen and oxygen atoms in total. The number of nitrogens with one attached hydrogen (secondary N) is 1. The Bertz CT molecular complexity index is 594. The fourth-order valence-electron chi connectivity index (χ4n) is 2.38. The van der Waals surface area contributed by atoms with E-state index in [4.69, 9.17) is 0 Å². The van der Waals surface area contributed by atoms with E-state index < -0.39 is 10.0 Å². The maximum absolute atomic E-state index is 12.4. The van der Waals surface area contributed by atoms with Gasteiger partial charge >= 0.3 is 6.03 Å². The fraction of sp³-hybridized carbons (Fsp3) is 0.533. The van der Waals surface area contributed by atoms with Crippen molar-refractivity contribution in [1.29, 1.82) is 0 Å². The largest absolute Gasteiger partial charge is 0.336 e. The van der Waals surface area contributed by atoms with E-state index in [1.165, 1.54) is 4.31 Å². The Morgan fingerprint density at radius 2 is 1.73 bits per heavy atom. The summed E-state index contributed by atoms with van der Waals surface area (Å²) >= 11 is 0. The molecule has 0 atom stereocenters. The van der Waals surface area contributed by atoms with Gasteiger partial charge in [-0.3, -0.25) is 0 Å². The van der Waals surface area contributed by atoms with Crippen molar-refractivity contribution in [2.45, 2.75) is 25.6 Å². The van der Waals surface area contributed by atoms with Crippen LogP contribution in [0.5, 0.6) is 0 Å². The second kappa shape index (κ2) is 7.11. The molecule has 1 heterocycles. The molecule has 0 bridgehead atoms. The van der Waals surface area contributed by atoms with Crippen LogP contribution in [-0.2, 0) is 15.8 Å². The minimum absolute atomic E-state index is 0.00598. The molecule has 7 heteroatoms. The van der Waals surface area contributed by atoms with Crippen LogP contribution in [0.15, 0.2) is 30.3 Å². The highest BCUT2D eigenvalue weighted by atomic mass is 32.2. The van der Waals surface area contributed by atoms with Gasteiger partial charge < -0.3 is 10.2 Å². The molecule has 0 saturated carbocycles. The van der Waals surface area contributed by atoms with Crippen molar-refractivity contribution in [3.63, 3.8) is 0 Å². The molecule has 2 rings (SSSR count). The van der Waals surface area contributed by atoms with Gasteiger partial charge in [0.2, 0.25) is 10.0 Å². The molecule has 22 heavy (non-hydrogen) atoms. The molecule has 0 aliphatic carbocycles. The highest BCUT2D eigenvalue weighted by Crippen LogP contribution is 2.13. The number of carbonyl (C=O) groups is 1. The zero-order valence-corrected chi connectivity index (χ0v) is 13.8. The molecule has 0 spiro atoms. The van der Waals surface area contributed by atoms with Gasteiger partial charge in [0.1, 0.15) is 0 Å². The summed E-state index contributed by atoms with van der Waals surface area (Å²) in [7, 11) is -3.33. The highest BCUT2D eigenvalue weighted by Gasteiger charge is 2.28. The quantitative estimate of drug-likeness (QED) is 0.906. The Kier molecular flexibility index (Phi) is 5.42. The molecule has 0 radical (unpaired) electrons. The van der Waals surface area contributed by atoms with E-state index in [1.807, 2.05) is 44.2 Å². The maximum atomic E-state index is 12.4. The second-order valence-electron chi connectivity index (χ2n) is 5.73. The molecular formula is C15H23N3O3S. The van der Waals surface area contributed by atoms with Gasteiger partial charge in [0, 0.05) is 32.2 Å². The molecular weight excluding hydrogens is 302 g/mol. The Labute approximate surface area is 132 Å². The van der Waals surface area contributed by atoms with Gasteiger partial charge in [-0.15, -0.1) is 0 Å². The van der Waals surface area contributed by atoms with Crippen LogP contribution in [0.4, 0.5) is 4.79 Å². The molecule has 0 unspecified atom stereocenters. The van der Waals surface area contributed by atoms with Crippen molar-refractivity contribution in [2.24, 2.45) is 0 Å². The molecule has 1 aliphatic heterocycles. The third-order valence-corrected chi connectivity index (χ3v) is 5.37. The second-order valence-corrected chi connectivity index (χ2v) is 7.70. The zero-order chi connectivity index (χ0) is 16.2. The third-order valence-electron chi connectivity index (χ3n) is 3.52. The monoisotopic (exact) mass is 325 g/mol. The van der Waals surface area contributed by atoms with E-state index in [9.17, 15) is 13.2 Å². The molecule has 1 saturated heterocycles. The number of rotatable bonds is 4. The first-order valence-electron chi connectivity index (χ1n) is 7.45. The number of benzene rings is 1. The minimum atomic E-state index is -3.33. The van der Waals surface area contributed by atoms with Crippen LogP contribution < -0.4 is 5.32 Å². The summed E-state index contributed by atoms with van der Waals surface area (Å²) in [5.74, 6) is 0.00598. The molecule has 0 aromatic heterocycles. The van der Waals surface area contributed by atoms with Gasteiger partial charge in [0.25, 0.3) is 0 Å². The summed E-state index contributed by atoms with van der Waals surface area (Å²) in [6.07, 6.45) is 0. The first kappa shape index (κ1) is 16.8. The Balaban J connectivity index is 1.92. The minimum Gasteiger partial charge on any atom is -0.336 e. The maximum Gasteiger partial charge on any atom is 0.317 e. The number of urea groups is 1. The van der Waals surface area contributed by atoms with Crippen molar-refractivity contribution < 1.29 is 13.2 Å². The lowest BCUT2D eigenvalue weighted by molar-refractivity contribution is 0.170. The molecule has 1 aromatic rings. The molecule has 1 aromatic carbocycles. The van der Waals surface area contributed by atoms with Crippen LogP contribution in [0.2, 0.25) is 0 Å². The van der Waals surface area contributed by atoms with Crippen molar-refractivity contribution in [3.05, 3.63) is 35.9 Å². The summed E-state index contributed by atoms with van der Waals surface area (Å²) in [6, 6.07) is 9.09. The predicted molar refractivity (Wildman–Crippen MR) is 85.9 cm³/mol. The molecule has 122 valence electrons. The Hall–Kier alpha value is -1.60. The van der Waals surface area contributed by atoms with Crippen LogP contribution >= 0.6 is 0 Å². The zero-order valence-electron chi connectivity index (χ0n) is 13.0. The lowest BCUT2D eigenvalue weighted by atomic mass is 10.2. The number of sulfonamides is 1. The number of carbonyl (C=O) groups excluding carboxylic acids is 1. The number of nitrogens with zero attached hydrogens (tertiary/aromatic N) is 2. The average molecular weight is 325 g/mol. The van der Waals surface area contributed by atoms with E-state index in [1.54, 1.807) is 4.90 Å². The molecule has 1 N–H and O–H groups in total. The van der Waals surface area contributed by atoms with Gasteiger partial charge in [-0.1, -0.05) is 30.3 Å². The summed E-state index contributed by atoms with van der Waals surface area (Å²) in [5, 5.41) is 2.82. The first-order chi connectivity index (χ1) is 10.4. The van der Waals surface area contributed by atoms with E-state index in [-0.39, 0.29) is 17.8 Å². The van der Waals surface area contributed by atoms with E-state index in [0.29, 0.717) is 26.2 Å². The van der Waals surface area contributed by atoms with Gasteiger partial charge in [0.05, 0.1) is 5.75 Å². The predicted octanol–water partition coefficient (Wildman–Crippen LogP) is 1.25. The summed E-state index contributed by atoms with van der Waals surface area (Å²) < 4.78 is 26.3. The Morgan fingerprint density at radius 3 is 2.27 bits per heavy atom. The third kappa shape index (κ3) is 4.45. The molecule has 1 aliphatic rings. The van der Waals surface area contributed by atoms with Crippen molar-refractivity contribution in [3.8, 4) is 0 Å².